The second-order valence-corrected chi connectivity index (χ2v) is 4.97. The predicted molar refractivity (Wildman–Crippen MR) is 86.1 cm³/mol. The first kappa shape index (κ1) is 12.5. The molecule has 0 atom stereocenters. The van der Waals surface area contributed by atoms with Crippen LogP contribution in [0.1, 0.15) is 0 Å². The van der Waals surface area contributed by atoms with E-state index in [2.05, 4.69) is 15.1 Å². The Kier molecular flexibility index (Phi) is 2.83. The van der Waals surface area contributed by atoms with E-state index in [1.54, 1.807) is 16.8 Å². The Labute approximate surface area is 127 Å². The van der Waals surface area contributed by atoms with Crippen molar-refractivity contribution >= 4 is 11.5 Å². The number of hydrogen-bond acceptors (Lipinski definition) is 4. The topological polar surface area (TPSA) is 69.1 Å². The van der Waals surface area contributed by atoms with Crippen molar-refractivity contribution in [2.45, 2.75) is 0 Å². The number of nitrogens with zero attached hydrogens (tertiary/aromatic N) is 4. The van der Waals surface area contributed by atoms with Gasteiger partial charge in [0.2, 0.25) is 0 Å². The Morgan fingerprint density at radius 3 is 2.41 bits per heavy atom. The highest BCUT2D eigenvalue weighted by atomic mass is 15.3. The van der Waals surface area contributed by atoms with E-state index in [-0.39, 0.29) is 0 Å². The fourth-order valence-electron chi connectivity index (χ4n) is 2.38. The van der Waals surface area contributed by atoms with Crippen molar-refractivity contribution in [3.63, 3.8) is 0 Å². The van der Waals surface area contributed by atoms with Crippen LogP contribution >= 0.6 is 0 Å². The summed E-state index contributed by atoms with van der Waals surface area (Å²) in [4.78, 5) is 8.77. The van der Waals surface area contributed by atoms with Gasteiger partial charge in [0.1, 0.15) is 5.82 Å². The molecule has 0 aliphatic carbocycles. The highest BCUT2D eigenvalue weighted by molar-refractivity contribution is 5.67. The summed E-state index contributed by atoms with van der Waals surface area (Å²) in [6.45, 7) is 0. The summed E-state index contributed by atoms with van der Waals surface area (Å²) in [5.74, 6) is 0.560. The Morgan fingerprint density at radius 1 is 0.818 bits per heavy atom. The number of benzene rings is 1. The van der Waals surface area contributed by atoms with E-state index in [0.29, 0.717) is 5.82 Å². The van der Waals surface area contributed by atoms with Gasteiger partial charge in [-0.05, 0) is 18.2 Å². The Bertz CT molecular complexity index is 926. The zero-order valence-corrected chi connectivity index (χ0v) is 11.7. The van der Waals surface area contributed by atoms with E-state index >= 15 is 0 Å². The molecule has 3 aromatic heterocycles. The van der Waals surface area contributed by atoms with E-state index in [4.69, 9.17) is 5.73 Å². The van der Waals surface area contributed by atoms with Crippen LogP contribution in [0.4, 0.5) is 5.82 Å². The van der Waals surface area contributed by atoms with Crippen LogP contribution in [0.5, 0.6) is 0 Å². The summed E-state index contributed by atoms with van der Waals surface area (Å²) in [6.07, 6.45) is 3.49. The van der Waals surface area contributed by atoms with Gasteiger partial charge in [0, 0.05) is 29.6 Å². The highest BCUT2D eigenvalue weighted by Crippen LogP contribution is 2.22. The monoisotopic (exact) mass is 287 g/mol. The van der Waals surface area contributed by atoms with Gasteiger partial charge in [-0.3, -0.25) is 4.98 Å². The molecular formula is C17H13N5. The number of nitrogens with two attached hydrogens (primary N) is 1. The summed E-state index contributed by atoms with van der Waals surface area (Å²) in [5, 5.41) is 4.47. The van der Waals surface area contributed by atoms with Crippen LogP contribution < -0.4 is 5.73 Å². The quantitative estimate of drug-likeness (QED) is 0.615. The minimum Gasteiger partial charge on any atom is -0.384 e. The molecular weight excluding hydrogens is 274 g/mol. The largest absolute Gasteiger partial charge is 0.384 e. The molecule has 4 rings (SSSR count). The van der Waals surface area contributed by atoms with Gasteiger partial charge in [-0.15, -0.1) is 0 Å². The van der Waals surface area contributed by atoms with Gasteiger partial charge in [0.15, 0.2) is 5.65 Å². The molecule has 0 amide bonds. The molecule has 5 nitrogen and oxygen atoms in total. The number of nitrogen functional groups attached to an aromatic ring is 1. The number of anilines is 1. The first-order valence-electron chi connectivity index (χ1n) is 6.93. The molecule has 106 valence electrons. The van der Waals surface area contributed by atoms with Crippen molar-refractivity contribution < 1.29 is 0 Å². The maximum Gasteiger partial charge on any atom is 0.157 e. The molecule has 1 aromatic carbocycles. The minimum atomic E-state index is 0.560. The zero-order valence-electron chi connectivity index (χ0n) is 11.7. The van der Waals surface area contributed by atoms with Crippen LogP contribution in [0.25, 0.3) is 28.2 Å². The molecule has 5 heteroatoms. The third-order valence-electron chi connectivity index (χ3n) is 3.52. The van der Waals surface area contributed by atoms with Gasteiger partial charge in [-0.2, -0.15) is 9.61 Å². The molecule has 0 saturated carbocycles. The summed E-state index contributed by atoms with van der Waals surface area (Å²) >= 11 is 0. The van der Waals surface area contributed by atoms with Gasteiger partial charge in [-0.1, -0.05) is 30.3 Å². The van der Waals surface area contributed by atoms with Crippen LogP contribution in [-0.4, -0.2) is 19.6 Å². The lowest BCUT2D eigenvalue weighted by Crippen LogP contribution is -1.98. The van der Waals surface area contributed by atoms with Gasteiger partial charge < -0.3 is 5.73 Å². The average Bonchev–Trinajstić information content (AvgIpc) is 3.02. The maximum atomic E-state index is 5.89. The number of pyridine rings is 1. The molecule has 2 N–H and O–H groups in total. The number of rotatable bonds is 2. The standard InChI is InChI=1S/C17H13N5/c18-16-8-9-19-17-10-15(21-22(16)17)13-6-7-14(20-11-13)12-4-2-1-3-5-12/h1-11H,18H2. The third kappa shape index (κ3) is 2.09. The highest BCUT2D eigenvalue weighted by Gasteiger charge is 2.08. The maximum absolute atomic E-state index is 5.89. The lowest BCUT2D eigenvalue weighted by atomic mass is 10.1. The second kappa shape index (κ2) is 4.96. The van der Waals surface area contributed by atoms with E-state index in [1.807, 2.05) is 54.7 Å². The summed E-state index contributed by atoms with van der Waals surface area (Å²) in [5.41, 5.74) is 10.4. The molecule has 0 radical (unpaired) electrons. The summed E-state index contributed by atoms with van der Waals surface area (Å²) in [7, 11) is 0. The van der Waals surface area contributed by atoms with E-state index < -0.39 is 0 Å². The van der Waals surface area contributed by atoms with Crippen LogP contribution in [-0.2, 0) is 0 Å². The van der Waals surface area contributed by atoms with Gasteiger partial charge in [0.05, 0.1) is 11.4 Å². The minimum absolute atomic E-state index is 0.560. The zero-order chi connectivity index (χ0) is 14.9. The third-order valence-corrected chi connectivity index (χ3v) is 3.52. The SMILES string of the molecule is Nc1ccnc2cc(-c3ccc(-c4ccccc4)nc3)nn12. The van der Waals surface area contributed by atoms with Crippen molar-refractivity contribution in [2.75, 3.05) is 5.73 Å². The molecule has 0 aliphatic heterocycles. The molecule has 4 aromatic rings. The fourth-order valence-corrected chi connectivity index (χ4v) is 2.38. The Morgan fingerprint density at radius 2 is 1.68 bits per heavy atom. The molecule has 0 spiro atoms. The van der Waals surface area contributed by atoms with Crippen molar-refractivity contribution in [1.82, 2.24) is 19.6 Å². The molecule has 0 unspecified atom stereocenters. The fraction of sp³-hybridized carbons (Fsp3) is 0. The van der Waals surface area contributed by atoms with Gasteiger partial charge in [0.25, 0.3) is 0 Å². The normalized spacial score (nSPS) is 10.9. The van der Waals surface area contributed by atoms with Crippen molar-refractivity contribution in [3.05, 3.63) is 67.0 Å². The lowest BCUT2D eigenvalue weighted by Gasteiger charge is -2.01. The smallest absolute Gasteiger partial charge is 0.157 e. The predicted octanol–water partition coefficient (Wildman–Crippen LogP) is 3.04. The number of hydrogen-bond donors (Lipinski definition) is 1. The van der Waals surface area contributed by atoms with Crippen LogP contribution in [0, 0.1) is 0 Å². The van der Waals surface area contributed by atoms with E-state index in [0.717, 1.165) is 28.2 Å². The van der Waals surface area contributed by atoms with Crippen molar-refractivity contribution in [1.29, 1.82) is 0 Å². The van der Waals surface area contributed by atoms with Crippen LogP contribution in [0.3, 0.4) is 0 Å². The molecule has 0 bridgehead atoms. The molecule has 3 heterocycles. The molecule has 0 saturated heterocycles. The van der Waals surface area contributed by atoms with Gasteiger partial charge >= 0.3 is 0 Å². The molecule has 0 fully saturated rings. The van der Waals surface area contributed by atoms with Crippen LogP contribution in [0.15, 0.2) is 67.0 Å². The van der Waals surface area contributed by atoms with Crippen molar-refractivity contribution in [2.24, 2.45) is 0 Å². The summed E-state index contributed by atoms with van der Waals surface area (Å²) in [6, 6.07) is 17.7. The Balaban J connectivity index is 1.74. The molecule has 22 heavy (non-hydrogen) atoms. The average molecular weight is 287 g/mol. The van der Waals surface area contributed by atoms with Crippen LogP contribution in [0.2, 0.25) is 0 Å². The summed E-state index contributed by atoms with van der Waals surface area (Å²) < 4.78 is 1.63. The first-order chi connectivity index (χ1) is 10.8. The van der Waals surface area contributed by atoms with E-state index in [1.165, 1.54) is 0 Å². The first-order valence-corrected chi connectivity index (χ1v) is 6.93. The second-order valence-electron chi connectivity index (χ2n) is 4.97. The molecule has 0 aliphatic rings. The Hall–Kier alpha value is -3.21. The van der Waals surface area contributed by atoms with Gasteiger partial charge in [-0.25, -0.2) is 4.98 Å². The lowest BCUT2D eigenvalue weighted by molar-refractivity contribution is 0.955. The number of fused-ring (bicyclic) bond motifs is 1. The van der Waals surface area contributed by atoms with E-state index in [9.17, 15) is 0 Å². The van der Waals surface area contributed by atoms with Crippen molar-refractivity contribution in [3.8, 4) is 22.5 Å². The number of aromatic nitrogens is 4.